The zero-order valence-electron chi connectivity index (χ0n) is 9.96. The first kappa shape index (κ1) is 13.3. The second kappa shape index (κ2) is 5.67. The lowest BCUT2D eigenvalue weighted by Crippen LogP contribution is -2.00. The second-order valence-corrected chi connectivity index (χ2v) is 5.37. The highest BCUT2D eigenvalue weighted by molar-refractivity contribution is 9.11. The van der Waals surface area contributed by atoms with Gasteiger partial charge in [-0.25, -0.2) is 9.97 Å². The van der Waals surface area contributed by atoms with Crippen molar-refractivity contribution in [3.8, 4) is 0 Å². The van der Waals surface area contributed by atoms with Crippen LogP contribution in [0.2, 0.25) is 0 Å². The van der Waals surface area contributed by atoms with Crippen LogP contribution in [-0.4, -0.2) is 17.0 Å². The quantitative estimate of drug-likeness (QED) is 0.852. The summed E-state index contributed by atoms with van der Waals surface area (Å²) in [5, 5.41) is 6.24. The Kier molecular flexibility index (Phi) is 4.19. The van der Waals surface area contributed by atoms with Gasteiger partial charge < -0.3 is 10.6 Å². The van der Waals surface area contributed by atoms with E-state index < -0.39 is 0 Å². The molecular weight excluding hydrogens is 360 g/mol. The van der Waals surface area contributed by atoms with Crippen LogP contribution in [0, 0.1) is 6.92 Å². The maximum Gasteiger partial charge on any atom is 0.150 e. The fraction of sp³-hybridized carbons (Fsp3) is 0.167. The van der Waals surface area contributed by atoms with Gasteiger partial charge in [0.25, 0.3) is 0 Å². The van der Waals surface area contributed by atoms with Crippen molar-refractivity contribution >= 4 is 49.2 Å². The van der Waals surface area contributed by atoms with Crippen LogP contribution in [0.25, 0.3) is 0 Å². The van der Waals surface area contributed by atoms with Gasteiger partial charge in [-0.15, -0.1) is 0 Å². The molecule has 0 spiro atoms. The zero-order chi connectivity index (χ0) is 13.1. The molecule has 0 fully saturated rings. The van der Waals surface area contributed by atoms with Crippen molar-refractivity contribution in [3.63, 3.8) is 0 Å². The standard InChI is InChI=1S/C12H12Br2N4/c1-7-3-4-8(5-9(7)13)18-12-10(14)11(15-2)16-6-17-12/h3-6H,1-2H3,(H2,15,16,17,18). The van der Waals surface area contributed by atoms with E-state index in [-0.39, 0.29) is 0 Å². The van der Waals surface area contributed by atoms with Crippen LogP contribution in [-0.2, 0) is 0 Å². The molecule has 1 heterocycles. The van der Waals surface area contributed by atoms with E-state index in [1.165, 1.54) is 11.9 Å². The van der Waals surface area contributed by atoms with Gasteiger partial charge in [-0.2, -0.15) is 0 Å². The number of hydrogen-bond acceptors (Lipinski definition) is 4. The summed E-state index contributed by atoms with van der Waals surface area (Å²) in [4.78, 5) is 8.32. The van der Waals surface area contributed by atoms with Gasteiger partial charge in [0.2, 0.25) is 0 Å². The Morgan fingerprint density at radius 3 is 2.50 bits per heavy atom. The molecule has 0 amide bonds. The average Bonchev–Trinajstić information content (AvgIpc) is 2.36. The lowest BCUT2D eigenvalue weighted by Gasteiger charge is -2.10. The largest absolute Gasteiger partial charge is 0.372 e. The van der Waals surface area contributed by atoms with Crippen molar-refractivity contribution < 1.29 is 0 Å². The molecule has 0 saturated heterocycles. The summed E-state index contributed by atoms with van der Waals surface area (Å²) in [6, 6.07) is 6.07. The Bertz CT molecular complexity index is 572. The summed E-state index contributed by atoms with van der Waals surface area (Å²) in [5.74, 6) is 1.48. The molecule has 0 bridgehead atoms. The van der Waals surface area contributed by atoms with E-state index >= 15 is 0 Å². The van der Waals surface area contributed by atoms with Gasteiger partial charge in [0, 0.05) is 17.2 Å². The topological polar surface area (TPSA) is 49.8 Å². The number of rotatable bonds is 3. The third-order valence-corrected chi connectivity index (χ3v) is 4.07. The fourth-order valence-electron chi connectivity index (χ4n) is 1.44. The fourth-order valence-corrected chi connectivity index (χ4v) is 2.32. The smallest absolute Gasteiger partial charge is 0.150 e. The highest BCUT2D eigenvalue weighted by Crippen LogP contribution is 2.29. The normalized spacial score (nSPS) is 10.2. The minimum atomic E-state index is 0.727. The number of anilines is 3. The highest BCUT2D eigenvalue weighted by atomic mass is 79.9. The van der Waals surface area contributed by atoms with Crippen molar-refractivity contribution in [2.45, 2.75) is 6.92 Å². The summed E-state index contributed by atoms with van der Waals surface area (Å²) in [5.41, 5.74) is 2.16. The van der Waals surface area contributed by atoms with Gasteiger partial charge in [-0.05, 0) is 40.5 Å². The Labute approximate surface area is 122 Å². The van der Waals surface area contributed by atoms with Gasteiger partial charge in [-0.3, -0.25) is 0 Å². The molecule has 1 aromatic carbocycles. The predicted octanol–water partition coefficient (Wildman–Crippen LogP) is 4.10. The lowest BCUT2D eigenvalue weighted by molar-refractivity contribution is 1.14. The van der Waals surface area contributed by atoms with Crippen LogP contribution in [0.1, 0.15) is 5.56 Å². The van der Waals surface area contributed by atoms with E-state index in [0.717, 1.165) is 26.3 Å². The van der Waals surface area contributed by atoms with E-state index in [0.29, 0.717) is 0 Å². The van der Waals surface area contributed by atoms with E-state index in [9.17, 15) is 0 Å². The maximum atomic E-state index is 4.21. The Morgan fingerprint density at radius 2 is 1.83 bits per heavy atom. The summed E-state index contributed by atoms with van der Waals surface area (Å²) < 4.78 is 1.87. The number of nitrogens with zero attached hydrogens (tertiary/aromatic N) is 2. The van der Waals surface area contributed by atoms with Crippen LogP contribution >= 0.6 is 31.9 Å². The predicted molar refractivity (Wildman–Crippen MR) is 81.4 cm³/mol. The van der Waals surface area contributed by atoms with Gasteiger partial charge >= 0.3 is 0 Å². The number of aryl methyl sites for hydroxylation is 1. The van der Waals surface area contributed by atoms with Crippen molar-refractivity contribution in [2.24, 2.45) is 0 Å². The lowest BCUT2D eigenvalue weighted by atomic mass is 10.2. The molecule has 2 N–H and O–H groups in total. The summed E-state index contributed by atoms with van der Waals surface area (Å²) in [6.07, 6.45) is 1.52. The molecule has 0 aliphatic rings. The summed E-state index contributed by atoms with van der Waals surface area (Å²) >= 11 is 6.98. The number of nitrogens with one attached hydrogen (secondary N) is 2. The average molecular weight is 372 g/mol. The molecule has 6 heteroatoms. The van der Waals surface area contributed by atoms with Gasteiger partial charge in [-0.1, -0.05) is 22.0 Å². The van der Waals surface area contributed by atoms with Crippen LogP contribution in [0.3, 0.4) is 0 Å². The van der Waals surface area contributed by atoms with Crippen molar-refractivity contribution in [2.75, 3.05) is 17.7 Å². The Hall–Kier alpha value is -1.14. The molecule has 1 aromatic heterocycles. The molecule has 0 aliphatic heterocycles. The molecule has 0 unspecified atom stereocenters. The van der Waals surface area contributed by atoms with E-state index in [1.54, 1.807) is 0 Å². The molecule has 0 aliphatic carbocycles. The van der Waals surface area contributed by atoms with Crippen LogP contribution < -0.4 is 10.6 Å². The van der Waals surface area contributed by atoms with Gasteiger partial charge in [0.05, 0.1) is 0 Å². The summed E-state index contributed by atoms with van der Waals surface area (Å²) in [6.45, 7) is 2.05. The molecular formula is C12H12Br2N4. The maximum absolute atomic E-state index is 4.21. The first-order chi connectivity index (χ1) is 8.61. The minimum absolute atomic E-state index is 0.727. The first-order valence-corrected chi connectivity index (χ1v) is 6.92. The van der Waals surface area contributed by atoms with Crippen molar-refractivity contribution in [3.05, 3.63) is 39.0 Å². The summed E-state index contributed by atoms with van der Waals surface area (Å²) in [7, 11) is 1.82. The Balaban J connectivity index is 2.31. The minimum Gasteiger partial charge on any atom is -0.372 e. The van der Waals surface area contributed by atoms with Crippen LogP contribution in [0.5, 0.6) is 0 Å². The van der Waals surface area contributed by atoms with Crippen molar-refractivity contribution in [1.29, 1.82) is 0 Å². The number of aromatic nitrogens is 2. The third kappa shape index (κ3) is 2.81. The van der Waals surface area contributed by atoms with Crippen LogP contribution in [0.15, 0.2) is 33.5 Å². The molecule has 94 valence electrons. The van der Waals surface area contributed by atoms with Gasteiger partial charge in [0.1, 0.15) is 22.4 Å². The number of halogens is 2. The zero-order valence-corrected chi connectivity index (χ0v) is 13.1. The molecule has 0 radical (unpaired) electrons. The Morgan fingerprint density at radius 1 is 1.11 bits per heavy atom. The molecule has 4 nitrogen and oxygen atoms in total. The van der Waals surface area contributed by atoms with Gasteiger partial charge in [0.15, 0.2) is 0 Å². The van der Waals surface area contributed by atoms with E-state index in [1.807, 2.05) is 32.2 Å². The third-order valence-electron chi connectivity index (χ3n) is 2.46. The second-order valence-electron chi connectivity index (χ2n) is 3.72. The van der Waals surface area contributed by atoms with E-state index in [4.69, 9.17) is 0 Å². The first-order valence-electron chi connectivity index (χ1n) is 5.33. The SMILES string of the molecule is CNc1ncnc(Nc2ccc(C)c(Br)c2)c1Br. The molecule has 18 heavy (non-hydrogen) atoms. The molecule has 0 atom stereocenters. The number of benzene rings is 1. The molecule has 2 rings (SSSR count). The molecule has 2 aromatic rings. The number of hydrogen-bond donors (Lipinski definition) is 2. The highest BCUT2D eigenvalue weighted by Gasteiger charge is 2.07. The van der Waals surface area contributed by atoms with E-state index in [2.05, 4.69) is 52.5 Å². The monoisotopic (exact) mass is 370 g/mol. The van der Waals surface area contributed by atoms with Crippen LogP contribution in [0.4, 0.5) is 17.3 Å². The molecule has 0 saturated carbocycles. The van der Waals surface area contributed by atoms with Crippen molar-refractivity contribution in [1.82, 2.24) is 9.97 Å².